The van der Waals surface area contributed by atoms with Crippen molar-refractivity contribution in [2.45, 2.75) is 65.2 Å². The van der Waals surface area contributed by atoms with Gasteiger partial charge in [-0.25, -0.2) is 14.5 Å². The van der Waals surface area contributed by atoms with Crippen molar-refractivity contribution < 1.29 is 23.9 Å². The summed E-state index contributed by atoms with van der Waals surface area (Å²) < 4.78 is 10.5. The summed E-state index contributed by atoms with van der Waals surface area (Å²) in [5.74, 6) is -1.30. The van der Waals surface area contributed by atoms with Gasteiger partial charge < -0.3 is 15.2 Å². The fourth-order valence-electron chi connectivity index (χ4n) is 1.90. The van der Waals surface area contributed by atoms with Gasteiger partial charge in [-0.05, 0) is 41.5 Å². The molecule has 1 fully saturated rings. The van der Waals surface area contributed by atoms with Crippen molar-refractivity contribution in [1.82, 2.24) is 4.90 Å². The highest BCUT2D eigenvalue weighted by atomic mass is 16.6. The summed E-state index contributed by atoms with van der Waals surface area (Å²) in [5.41, 5.74) is 4.06. The lowest BCUT2D eigenvalue weighted by molar-refractivity contribution is -0.161. The second-order valence-electron chi connectivity index (χ2n) is 7.10. The molecule has 0 saturated carbocycles. The molecule has 1 heterocycles. The van der Waals surface area contributed by atoms with Crippen LogP contribution >= 0.6 is 0 Å². The van der Waals surface area contributed by atoms with Crippen LogP contribution in [0, 0.1) is 0 Å². The molecule has 22 heavy (non-hydrogen) atoms. The number of carbonyl (C=O) groups is 3. The van der Waals surface area contributed by atoms with Crippen molar-refractivity contribution in [3.63, 3.8) is 0 Å². The summed E-state index contributed by atoms with van der Waals surface area (Å²) in [6, 6.07) is -1.06. The Balaban J connectivity index is 3.05. The van der Waals surface area contributed by atoms with E-state index >= 15 is 0 Å². The minimum atomic E-state index is -1.06. The highest BCUT2D eigenvalue weighted by Gasteiger charge is 2.46. The zero-order valence-corrected chi connectivity index (χ0v) is 13.9. The molecule has 1 rings (SSSR count). The van der Waals surface area contributed by atoms with Gasteiger partial charge in [-0.3, -0.25) is 4.79 Å². The number of rotatable bonds is 1. The largest absolute Gasteiger partial charge is 0.458 e. The molecule has 1 saturated heterocycles. The van der Waals surface area contributed by atoms with E-state index in [0.29, 0.717) is 0 Å². The number of esters is 1. The van der Waals surface area contributed by atoms with Crippen LogP contribution in [-0.4, -0.2) is 40.1 Å². The second kappa shape index (κ2) is 5.98. The smallest absolute Gasteiger partial charge is 0.418 e. The summed E-state index contributed by atoms with van der Waals surface area (Å²) >= 11 is 0. The third-order valence-corrected chi connectivity index (χ3v) is 2.69. The number of carbonyl (C=O) groups excluding carboxylic acids is 3. The van der Waals surface area contributed by atoms with Crippen LogP contribution in [0.2, 0.25) is 0 Å². The molecule has 1 aliphatic rings. The molecule has 124 valence electrons. The van der Waals surface area contributed by atoms with Crippen LogP contribution in [0.15, 0.2) is 11.8 Å². The molecule has 0 spiro atoms. The van der Waals surface area contributed by atoms with Crippen LogP contribution in [-0.2, 0) is 19.1 Å². The van der Waals surface area contributed by atoms with Crippen LogP contribution in [0.1, 0.15) is 48.0 Å². The molecule has 7 heteroatoms. The van der Waals surface area contributed by atoms with E-state index in [1.807, 2.05) is 0 Å². The first-order chi connectivity index (χ1) is 9.85. The van der Waals surface area contributed by atoms with Gasteiger partial charge in [-0.2, -0.15) is 0 Å². The van der Waals surface area contributed by atoms with Gasteiger partial charge >= 0.3 is 12.1 Å². The average molecular weight is 312 g/mol. The van der Waals surface area contributed by atoms with Crippen molar-refractivity contribution in [3.05, 3.63) is 11.8 Å². The number of ether oxygens (including phenoxy) is 2. The van der Waals surface area contributed by atoms with Gasteiger partial charge in [-0.15, -0.1) is 0 Å². The Kier molecular flexibility index (Phi) is 4.89. The Morgan fingerprint density at radius 2 is 1.64 bits per heavy atom. The van der Waals surface area contributed by atoms with E-state index in [2.05, 4.69) is 0 Å². The number of hydrogen-bond donors (Lipinski definition) is 1. The van der Waals surface area contributed by atoms with E-state index in [0.717, 1.165) is 11.1 Å². The molecule has 1 unspecified atom stereocenters. The van der Waals surface area contributed by atoms with Gasteiger partial charge in [0.2, 0.25) is 0 Å². The number of hydrogen-bond acceptors (Lipinski definition) is 6. The molecule has 0 radical (unpaired) electrons. The molecule has 2 N–H and O–H groups in total. The second-order valence-corrected chi connectivity index (χ2v) is 7.10. The zero-order valence-electron chi connectivity index (χ0n) is 13.9. The maximum absolute atomic E-state index is 12.3. The summed E-state index contributed by atoms with van der Waals surface area (Å²) in [6.07, 6.45) is 0.235. The van der Waals surface area contributed by atoms with Crippen molar-refractivity contribution in [2.75, 3.05) is 0 Å². The van der Waals surface area contributed by atoms with Crippen molar-refractivity contribution >= 4 is 18.0 Å². The summed E-state index contributed by atoms with van der Waals surface area (Å²) in [5, 5.41) is 0. The molecule has 0 bridgehead atoms. The van der Waals surface area contributed by atoms with Gasteiger partial charge in [-0.1, -0.05) is 0 Å². The van der Waals surface area contributed by atoms with Gasteiger partial charge in [0.05, 0.1) is 0 Å². The topological polar surface area (TPSA) is 98.9 Å². The number of nitrogens with zero attached hydrogens (tertiary/aromatic N) is 1. The first-order valence-corrected chi connectivity index (χ1v) is 7.06. The summed E-state index contributed by atoms with van der Waals surface area (Å²) in [4.78, 5) is 37.5. The minimum Gasteiger partial charge on any atom is -0.458 e. The number of amides is 2. The Morgan fingerprint density at radius 1 is 1.14 bits per heavy atom. The Hall–Kier alpha value is -2.05. The van der Waals surface area contributed by atoms with E-state index in [-0.39, 0.29) is 12.0 Å². The molecule has 0 aromatic rings. The van der Waals surface area contributed by atoms with Gasteiger partial charge in [0.1, 0.15) is 17.2 Å². The first kappa shape index (κ1) is 18.0. The number of imide groups is 1. The zero-order chi connectivity index (χ0) is 17.3. The van der Waals surface area contributed by atoms with Crippen molar-refractivity contribution in [1.29, 1.82) is 0 Å². The van der Waals surface area contributed by atoms with E-state index < -0.39 is 35.2 Å². The maximum Gasteiger partial charge on any atom is 0.418 e. The normalized spacial score (nSPS) is 21.2. The van der Waals surface area contributed by atoms with E-state index in [1.165, 1.54) is 0 Å². The predicted octanol–water partition coefficient (Wildman–Crippen LogP) is 1.71. The van der Waals surface area contributed by atoms with Crippen molar-refractivity contribution in [2.24, 2.45) is 5.73 Å². The maximum atomic E-state index is 12.3. The molecular weight excluding hydrogens is 288 g/mol. The third-order valence-electron chi connectivity index (χ3n) is 2.69. The lowest BCUT2D eigenvalue weighted by atomic mass is 10.1. The van der Waals surface area contributed by atoms with Gasteiger partial charge in [0.15, 0.2) is 0 Å². The molecule has 0 aliphatic carbocycles. The van der Waals surface area contributed by atoms with Gasteiger partial charge in [0, 0.05) is 18.2 Å². The molecule has 0 aromatic carbocycles. The van der Waals surface area contributed by atoms with Gasteiger partial charge in [0.25, 0.3) is 5.91 Å². The van der Waals surface area contributed by atoms with Crippen molar-refractivity contribution in [3.8, 4) is 0 Å². The Bertz CT molecular complexity index is 511. The lowest BCUT2D eigenvalue weighted by Crippen LogP contribution is -2.47. The van der Waals surface area contributed by atoms with Crippen LogP contribution in [0.25, 0.3) is 0 Å². The van der Waals surface area contributed by atoms with Crippen LogP contribution in [0.5, 0.6) is 0 Å². The highest BCUT2D eigenvalue weighted by Crippen LogP contribution is 2.28. The van der Waals surface area contributed by atoms with E-state index in [9.17, 15) is 14.4 Å². The molecule has 0 aromatic heterocycles. The standard InChI is InChI=1S/C15H24N2O5/c1-14(2,3)21-12(19)10-7-9(8-16)11(18)17(10)13(20)22-15(4,5)6/h8,10H,7,16H2,1-6H3/b9-8-. The Labute approximate surface area is 130 Å². The number of likely N-dealkylation sites (tertiary alicyclic amines) is 1. The van der Waals surface area contributed by atoms with Crippen LogP contribution in [0.4, 0.5) is 4.79 Å². The highest BCUT2D eigenvalue weighted by molar-refractivity contribution is 6.08. The minimum absolute atomic E-state index is 0.0174. The quantitative estimate of drug-likeness (QED) is 0.584. The first-order valence-electron chi connectivity index (χ1n) is 7.06. The van der Waals surface area contributed by atoms with E-state index in [4.69, 9.17) is 15.2 Å². The lowest BCUT2D eigenvalue weighted by Gasteiger charge is -2.28. The van der Waals surface area contributed by atoms with Crippen LogP contribution in [0.3, 0.4) is 0 Å². The summed E-state index contributed by atoms with van der Waals surface area (Å²) in [7, 11) is 0. The fourth-order valence-corrected chi connectivity index (χ4v) is 1.90. The van der Waals surface area contributed by atoms with E-state index in [1.54, 1.807) is 41.5 Å². The third kappa shape index (κ3) is 4.47. The molecule has 1 atom stereocenters. The van der Waals surface area contributed by atoms with Crippen LogP contribution < -0.4 is 5.73 Å². The average Bonchev–Trinajstić information content (AvgIpc) is 2.61. The SMILES string of the molecule is CC(C)(C)OC(=O)C1C/C(=C/N)C(=O)N1C(=O)OC(C)(C)C. The molecule has 1 aliphatic heterocycles. The molecule has 7 nitrogen and oxygen atoms in total. The summed E-state index contributed by atoms with van der Waals surface area (Å²) in [6.45, 7) is 10.1. The predicted molar refractivity (Wildman–Crippen MR) is 79.6 cm³/mol. The number of nitrogens with two attached hydrogens (primary N) is 1. The fraction of sp³-hybridized carbons (Fsp3) is 0.667. The molecule has 2 amide bonds. The molecular formula is C15H24N2O5. The monoisotopic (exact) mass is 312 g/mol. The Morgan fingerprint density at radius 3 is 2.05 bits per heavy atom.